The molecule has 0 spiro atoms. The molecule has 0 unspecified atom stereocenters. The maximum Gasteiger partial charge on any atom is 0.212 e. The zero-order chi connectivity index (χ0) is 13.4. The standard InChI is InChI=1S/C12H11BrN4OS/c1-7-14-15-12-17(7)16-10(6-19-12)8-3-4-11(18-2)9(13)5-8/h3-5H,6H2,1-2H3. The first kappa shape index (κ1) is 12.7. The number of hydrogen-bond acceptors (Lipinski definition) is 5. The predicted molar refractivity (Wildman–Crippen MR) is 78.1 cm³/mol. The van der Waals surface area contributed by atoms with Crippen LogP contribution in [0.2, 0.25) is 0 Å². The van der Waals surface area contributed by atoms with Crippen LogP contribution < -0.4 is 4.74 Å². The second kappa shape index (κ2) is 4.97. The first-order valence-corrected chi connectivity index (χ1v) is 7.43. The summed E-state index contributed by atoms with van der Waals surface area (Å²) in [4.78, 5) is 0. The molecule has 1 aliphatic rings. The van der Waals surface area contributed by atoms with Crippen molar-refractivity contribution < 1.29 is 4.74 Å². The van der Waals surface area contributed by atoms with E-state index in [2.05, 4.69) is 31.2 Å². The molecule has 0 amide bonds. The van der Waals surface area contributed by atoms with Crippen LogP contribution in [0.25, 0.3) is 0 Å². The summed E-state index contributed by atoms with van der Waals surface area (Å²) in [6.07, 6.45) is 0. The number of fused-ring (bicyclic) bond motifs is 1. The average molecular weight is 339 g/mol. The van der Waals surface area contributed by atoms with Crippen molar-refractivity contribution >= 4 is 33.4 Å². The van der Waals surface area contributed by atoms with E-state index in [1.165, 1.54) is 0 Å². The molecule has 0 N–H and O–H groups in total. The quantitative estimate of drug-likeness (QED) is 0.844. The van der Waals surface area contributed by atoms with Crippen molar-refractivity contribution in [2.75, 3.05) is 12.9 Å². The normalized spacial score (nSPS) is 13.9. The van der Waals surface area contributed by atoms with Crippen LogP contribution in [0.15, 0.2) is 32.9 Å². The van der Waals surface area contributed by atoms with E-state index in [1.54, 1.807) is 23.5 Å². The van der Waals surface area contributed by atoms with Crippen molar-refractivity contribution in [1.29, 1.82) is 0 Å². The van der Waals surface area contributed by atoms with Crippen LogP contribution in [0.3, 0.4) is 0 Å². The van der Waals surface area contributed by atoms with Gasteiger partial charge in [-0.2, -0.15) is 9.78 Å². The molecule has 0 bridgehead atoms. The molecule has 0 atom stereocenters. The van der Waals surface area contributed by atoms with Gasteiger partial charge in [-0.1, -0.05) is 11.8 Å². The summed E-state index contributed by atoms with van der Waals surface area (Å²) in [5, 5.41) is 13.5. The molecule has 3 rings (SSSR count). The van der Waals surface area contributed by atoms with Gasteiger partial charge >= 0.3 is 0 Å². The number of halogens is 1. The maximum absolute atomic E-state index is 5.23. The van der Waals surface area contributed by atoms with Gasteiger partial charge in [-0.3, -0.25) is 0 Å². The molecule has 0 fully saturated rings. The fourth-order valence-electron chi connectivity index (χ4n) is 1.81. The van der Waals surface area contributed by atoms with Crippen LogP contribution in [-0.4, -0.2) is 33.4 Å². The minimum Gasteiger partial charge on any atom is -0.496 e. The smallest absolute Gasteiger partial charge is 0.212 e. The lowest BCUT2D eigenvalue weighted by Gasteiger charge is -2.14. The first-order chi connectivity index (χ1) is 9.19. The van der Waals surface area contributed by atoms with E-state index in [0.29, 0.717) is 0 Å². The Hall–Kier alpha value is -1.34. The summed E-state index contributed by atoms with van der Waals surface area (Å²) in [7, 11) is 1.65. The number of aromatic nitrogens is 3. The Balaban J connectivity index is 2.02. The minimum absolute atomic E-state index is 0.789. The molecule has 0 saturated heterocycles. The molecular weight excluding hydrogens is 328 g/mol. The summed E-state index contributed by atoms with van der Waals surface area (Å²) in [6.45, 7) is 1.90. The molecule has 1 aliphatic heterocycles. The molecule has 0 aliphatic carbocycles. The van der Waals surface area contributed by atoms with Crippen LogP contribution in [0.4, 0.5) is 0 Å². The summed E-state index contributed by atoms with van der Waals surface area (Å²) in [6, 6.07) is 5.96. The Bertz CT molecular complexity index is 668. The zero-order valence-corrected chi connectivity index (χ0v) is 12.8. The van der Waals surface area contributed by atoms with Gasteiger partial charge in [0.25, 0.3) is 0 Å². The van der Waals surface area contributed by atoms with Gasteiger partial charge in [0.2, 0.25) is 5.16 Å². The summed E-state index contributed by atoms with van der Waals surface area (Å²) < 4.78 is 7.94. The highest BCUT2D eigenvalue weighted by molar-refractivity contribution is 9.10. The van der Waals surface area contributed by atoms with Crippen molar-refractivity contribution in [2.24, 2.45) is 5.10 Å². The van der Waals surface area contributed by atoms with Crippen molar-refractivity contribution in [1.82, 2.24) is 14.9 Å². The van der Waals surface area contributed by atoms with Crippen LogP contribution in [-0.2, 0) is 0 Å². The topological polar surface area (TPSA) is 52.3 Å². The number of hydrogen-bond donors (Lipinski definition) is 0. The van der Waals surface area contributed by atoms with Gasteiger partial charge in [0.1, 0.15) is 5.75 Å². The molecule has 1 aromatic carbocycles. The Morgan fingerprint density at radius 3 is 2.95 bits per heavy atom. The summed E-state index contributed by atoms with van der Waals surface area (Å²) in [5.41, 5.74) is 2.07. The van der Waals surface area contributed by atoms with Crippen LogP contribution >= 0.6 is 27.7 Å². The van der Waals surface area contributed by atoms with Crippen molar-refractivity contribution in [3.05, 3.63) is 34.1 Å². The van der Waals surface area contributed by atoms with E-state index in [0.717, 1.165) is 38.2 Å². The lowest BCUT2D eigenvalue weighted by atomic mass is 10.1. The van der Waals surface area contributed by atoms with E-state index in [1.807, 2.05) is 25.1 Å². The Labute approximate surface area is 123 Å². The molecule has 2 heterocycles. The van der Waals surface area contributed by atoms with Gasteiger partial charge in [-0.05, 0) is 41.1 Å². The number of thioether (sulfide) groups is 1. The highest BCUT2D eigenvalue weighted by Crippen LogP contribution is 2.28. The Morgan fingerprint density at radius 2 is 2.21 bits per heavy atom. The Kier molecular flexibility index (Phi) is 3.32. The molecule has 0 radical (unpaired) electrons. The van der Waals surface area contributed by atoms with E-state index >= 15 is 0 Å². The highest BCUT2D eigenvalue weighted by atomic mass is 79.9. The number of benzene rings is 1. The maximum atomic E-state index is 5.23. The van der Waals surface area contributed by atoms with Gasteiger partial charge in [0.15, 0.2) is 5.82 Å². The zero-order valence-electron chi connectivity index (χ0n) is 10.4. The van der Waals surface area contributed by atoms with E-state index in [4.69, 9.17) is 4.74 Å². The lowest BCUT2D eigenvalue weighted by molar-refractivity contribution is 0.412. The third kappa shape index (κ3) is 2.28. The number of methoxy groups -OCH3 is 1. The molecule has 2 aromatic rings. The van der Waals surface area contributed by atoms with Gasteiger partial charge in [-0.25, -0.2) is 0 Å². The van der Waals surface area contributed by atoms with E-state index < -0.39 is 0 Å². The molecule has 5 nitrogen and oxygen atoms in total. The first-order valence-electron chi connectivity index (χ1n) is 5.65. The number of rotatable bonds is 2. The van der Waals surface area contributed by atoms with Crippen LogP contribution in [0.1, 0.15) is 11.4 Å². The van der Waals surface area contributed by atoms with E-state index in [9.17, 15) is 0 Å². The van der Waals surface area contributed by atoms with Crippen molar-refractivity contribution in [3.8, 4) is 5.75 Å². The highest BCUT2D eigenvalue weighted by Gasteiger charge is 2.18. The van der Waals surface area contributed by atoms with E-state index in [-0.39, 0.29) is 0 Å². The fraction of sp³-hybridized carbons (Fsp3) is 0.250. The predicted octanol–water partition coefficient (Wildman–Crippen LogP) is 2.72. The van der Waals surface area contributed by atoms with Gasteiger partial charge < -0.3 is 4.74 Å². The van der Waals surface area contributed by atoms with Gasteiger partial charge in [0, 0.05) is 11.3 Å². The van der Waals surface area contributed by atoms with Crippen molar-refractivity contribution in [2.45, 2.75) is 12.1 Å². The fourth-order valence-corrected chi connectivity index (χ4v) is 3.24. The molecule has 0 saturated carbocycles. The molecule has 98 valence electrons. The van der Waals surface area contributed by atoms with Crippen LogP contribution in [0, 0.1) is 6.92 Å². The van der Waals surface area contributed by atoms with Crippen LogP contribution in [0.5, 0.6) is 5.75 Å². The number of aryl methyl sites for hydroxylation is 1. The minimum atomic E-state index is 0.789. The molecule has 19 heavy (non-hydrogen) atoms. The largest absolute Gasteiger partial charge is 0.496 e. The third-order valence-electron chi connectivity index (χ3n) is 2.81. The van der Waals surface area contributed by atoms with Gasteiger partial charge in [-0.15, -0.1) is 10.2 Å². The molecule has 1 aromatic heterocycles. The van der Waals surface area contributed by atoms with Crippen molar-refractivity contribution in [3.63, 3.8) is 0 Å². The second-order valence-electron chi connectivity index (χ2n) is 4.03. The Morgan fingerprint density at radius 1 is 1.37 bits per heavy atom. The number of nitrogens with zero attached hydrogens (tertiary/aromatic N) is 4. The monoisotopic (exact) mass is 338 g/mol. The summed E-state index contributed by atoms with van der Waals surface area (Å²) >= 11 is 5.13. The second-order valence-corrected chi connectivity index (χ2v) is 5.82. The average Bonchev–Trinajstić information content (AvgIpc) is 2.80. The molecule has 7 heteroatoms. The number of ether oxygens (including phenoxy) is 1. The SMILES string of the molecule is COc1ccc(C2=Nn3c(C)nnc3SC2)cc1Br. The van der Waals surface area contributed by atoms with Gasteiger partial charge in [0.05, 0.1) is 17.3 Å². The lowest BCUT2D eigenvalue weighted by Crippen LogP contribution is -2.13. The molecular formula is C12H11BrN4OS. The summed E-state index contributed by atoms with van der Waals surface area (Å²) in [5.74, 6) is 2.40. The third-order valence-corrected chi connectivity index (χ3v) is 4.36.